The highest BCUT2D eigenvalue weighted by molar-refractivity contribution is 7.90. The van der Waals surface area contributed by atoms with Gasteiger partial charge in [-0.2, -0.15) is 0 Å². The van der Waals surface area contributed by atoms with Gasteiger partial charge in [0.15, 0.2) is 15.8 Å². The van der Waals surface area contributed by atoms with Crippen molar-refractivity contribution in [1.29, 1.82) is 0 Å². The number of methoxy groups -OCH3 is 1. The highest BCUT2D eigenvalue weighted by atomic mass is 32.2. The summed E-state index contributed by atoms with van der Waals surface area (Å²) < 4.78 is 34.7. The van der Waals surface area contributed by atoms with Crippen LogP contribution in [0.2, 0.25) is 0 Å². The minimum absolute atomic E-state index is 0.234. The fourth-order valence-corrected chi connectivity index (χ4v) is 4.14. The molecule has 152 valence electrons. The number of rotatable bonds is 7. The summed E-state index contributed by atoms with van der Waals surface area (Å²) in [7, 11) is -1.47. The zero-order valence-electron chi connectivity index (χ0n) is 16.7. The summed E-state index contributed by atoms with van der Waals surface area (Å²) in [5.74, 6) is 0.713. The third-order valence-corrected chi connectivity index (χ3v) is 6.07. The molecule has 0 saturated carbocycles. The minimum Gasteiger partial charge on any atom is -0.381 e. The molecule has 8 heteroatoms. The lowest BCUT2D eigenvalue weighted by Gasteiger charge is -2.36. The molecule has 1 aromatic rings. The zero-order valence-corrected chi connectivity index (χ0v) is 17.5. The van der Waals surface area contributed by atoms with E-state index in [0.717, 1.165) is 30.5 Å². The quantitative estimate of drug-likeness (QED) is 0.537. The smallest absolute Gasteiger partial charge is 0.191 e. The zero-order chi connectivity index (χ0) is 19.9. The van der Waals surface area contributed by atoms with E-state index in [-0.39, 0.29) is 5.60 Å². The van der Waals surface area contributed by atoms with Crippen LogP contribution in [-0.2, 0) is 25.9 Å². The molecule has 0 amide bonds. The van der Waals surface area contributed by atoms with E-state index in [1.54, 1.807) is 20.1 Å². The molecule has 1 aromatic carbocycles. The minimum atomic E-state index is -3.21. The third-order valence-electron chi connectivity index (χ3n) is 4.82. The average Bonchev–Trinajstić information content (AvgIpc) is 2.64. The van der Waals surface area contributed by atoms with Gasteiger partial charge in [0.05, 0.1) is 17.0 Å². The van der Waals surface area contributed by atoms with Crippen molar-refractivity contribution in [2.75, 3.05) is 39.7 Å². The van der Waals surface area contributed by atoms with Crippen LogP contribution < -0.4 is 10.6 Å². The first kappa shape index (κ1) is 21.7. The fourth-order valence-electron chi connectivity index (χ4n) is 3.18. The van der Waals surface area contributed by atoms with Crippen molar-refractivity contribution in [3.63, 3.8) is 0 Å². The van der Waals surface area contributed by atoms with E-state index < -0.39 is 9.84 Å². The van der Waals surface area contributed by atoms with Crippen molar-refractivity contribution in [1.82, 2.24) is 10.6 Å². The Morgan fingerprint density at radius 1 is 1.30 bits per heavy atom. The number of hydrogen-bond donors (Lipinski definition) is 2. The highest BCUT2D eigenvalue weighted by Gasteiger charge is 2.32. The number of benzene rings is 1. The number of sulfone groups is 1. The lowest BCUT2D eigenvalue weighted by atomic mass is 9.94. The van der Waals surface area contributed by atoms with Gasteiger partial charge >= 0.3 is 0 Å². The maximum Gasteiger partial charge on any atom is 0.191 e. The van der Waals surface area contributed by atoms with Gasteiger partial charge in [-0.25, -0.2) is 13.4 Å². The van der Waals surface area contributed by atoms with Crippen molar-refractivity contribution >= 4 is 15.8 Å². The number of aliphatic imine (C=N–C) groups is 1. The van der Waals surface area contributed by atoms with Gasteiger partial charge in [-0.1, -0.05) is 12.1 Å². The van der Waals surface area contributed by atoms with Crippen molar-refractivity contribution in [3.05, 3.63) is 29.3 Å². The van der Waals surface area contributed by atoms with Crippen LogP contribution in [0.4, 0.5) is 0 Å². The van der Waals surface area contributed by atoms with Crippen LogP contribution in [0.5, 0.6) is 0 Å². The predicted octanol–water partition coefficient (Wildman–Crippen LogP) is 1.65. The maximum absolute atomic E-state index is 11.7. The SMILES string of the molecule is CCNC(=NCc1ccc(S(C)(=O)=O)c(C)c1)NCC1(OC)CCOCC1. The molecule has 0 bridgehead atoms. The number of hydrogen-bond acceptors (Lipinski definition) is 5. The molecule has 0 aliphatic carbocycles. The van der Waals surface area contributed by atoms with Crippen LogP contribution in [-0.4, -0.2) is 59.6 Å². The largest absolute Gasteiger partial charge is 0.381 e. The molecule has 27 heavy (non-hydrogen) atoms. The molecule has 0 aromatic heterocycles. The second kappa shape index (κ2) is 9.52. The molecular weight excluding hydrogens is 366 g/mol. The molecule has 1 fully saturated rings. The van der Waals surface area contributed by atoms with Gasteiger partial charge in [0, 0.05) is 52.5 Å². The second-order valence-corrected chi connectivity index (χ2v) is 8.90. The molecule has 1 aliphatic rings. The summed E-state index contributed by atoms with van der Waals surface area (Å²) in [6.07, 6.45) is 2.92. The first-order chi connectivity index (χ1) is 12.8. The molecular formula is C19H31N3O4S. The summed E-state index contributed by atoms with van der Waals surface area (Å²) in [5, 5.41) is 6.61. The summed E-state index contributed by atoms with van der Waals surface area (Å²) >= 11 is 0. The van der Waals surface area contributed by atoms with E-state index in [9.17, 15) is 8.42 Å². The molecule has 2 N–H and O–H groups in total. The summed E-state index contributed by atoms with van der Waals surface area (Å²) in [4.78, 5) is 4.99. The molecule has 1 saturated heterocycles. The average molecular weight is 398 g/mol. The number of guanidine groups is 1. The van der Waals surface area contributed by atoms with Crippen LogP contribution in [0.25, 0.3) is 0 Å². The number of nitrogens with zero attached hydrogens (tertiary/aromatic N) is 1. The Hall–Kier alpha value is -1.64. The second-order valence-electron chi connectivity index (χ2n) is 6.92. The topological polar surface area (TPSA) is 89.0 Å². The van der Waals surface area contributed by atoms with E-state index in [1.807, 2.05) is 19.1 Å². The molecule has 0 unspecified atom stereocenters. The fraction of sp³-hybridized carbons (Fsp3) is 0.632. The predicted molar refractivity (Wildman–Crippen MR) is 107 cm³/mol. The third kappa shape index (κ3) is 6.19. The van der Waals surface area contributed by atoms with E-state index >= 15 is 0 Å². The van der Waals surface area contributed by atoms with Gasteiger partial charge in [-0.3, -0.25) is 0 Å². The summed E-state index contributed by atoms with van der Waals surface area (Å²) in [6.45, 7) is 7.10. The Balaban J connectivity index is 2.05. The Kier molecular flexibility index (Phi) is 7.64. The van der Waals surface area contributed by atoms with Gasteiger partial charge in [-0.15, -0.1) is 0 Å². The Morgan fingerprint density at radius 3 is 2.56 bits per heavy atom. The molecule has 0 radical (unpaired) electrons. The monoisotopic (exact) mass is 397 g/mol. The van der Waals surface area contributed by atoms with Crippen molar-refractivity contribution in [2.24, 2.45) is 4.99 Å². The summed E-state index contributed by atoms with van der Waals surface area (Å²) in [6, 6.07) is 5.34. The number of nitrogens with one attached hydrogen (secondary N) is 2. The first-order valence-electron chi connectivity index (χ1n) is 9.24. The van der Waals surface area contributed by atoms with Gasteiger partial charge in [0.25, 0.3) is 0 Å². The molecule has 7 nitrogen and oxygen atoms in total. The van der Waals surface area contributed by atoms with Crippen molar-refractivity contribution < 1.29 is 17.9 Å². The molecule has 2 rings (SSSR count). The number of aryl methyl sites for hydroxylation is 1. The highest BCUT2D eigenvalue weighted by Crippen LogP contribution is 2.23. The van der Waals surface area contributed by atoms with E-state index in [0.29, 0.717) is 37.2 Å². The van der Waals surface area contributed by atoms with E-state index in [1.165, 1.54) is 6.26 Å². The van der Waals surface area contributed by atoms with E-state index in [4.69, 9.17) is 9.47 Å². The lowest BCUT2D eigenvalue weighted by molar-refractivity contribution is -0.0855. The maximum atomic E-state index is 11.7. The van der Waals surface area contributed by atoms with Crippen molar-refractivity contribution in [2.45, 2.75) is 43.7 Å². The van der Waals surface area contributed by atoms with Gasteiger partial charge in [-0.05, 0) is 31.0 Å². The summed E-state index contributed by atoms with van der Waals surface area (Å²) in [5.41, 5.74) is 1.47. The molecule has 0 spiro atoms. The van der Waals surface area contributed by atoms with Crippen molar-refractivity contribution in [3.8, 4) is 0 Å². The van der Waals surface area contributed by atoms with Gasteiger partial charge in [0.1, 0.15) is 0 Å². The Morgan fingerprint density at radius 2 is 2.00 bits per heavy atom. The Labute approximate surface area is 162 Å². The number of ether oxygens (including phenoxy) is 2. The molecule has 1 heterocycles. The normalized spacial score (nSPS) is 17.6. The molecule has 1 aliphatic heterocycles. The van der Waals surface area contributed by atoms with Crippen LogP contribution in [0.1, 0.15) is 30.9 Å². The van der Waals surface area contributed by atoms with Crippen LogP contribution in [0.15, 0.2) is 28.1 Å². The van der Waals surface area contributed by atoms with E-state index in [2.05, 4.69) is 15.6 Å². The lowest BCUT2D eigenvalue weighted by Crippen LogP contribution is -2.50. The molecule has 0 atom stereocenters. The van der Waals surface area contributed by atoms with Gasteiger partial charge < -0.3 is 20.1 Å². The first-order valence-corrected chi connectivity index (χ1v) is 11.1. The van der Waals surface area contributed by atoms with Gasteiger partial charge in [0.2, 0.25) is 0 Å². The van der Waals surface area contributed by atoms with Crippen LogP contribution >= 0.6 is 0 Å². The standard InChI is InChI=1S/C19H31N3O4S/c1-5-20-18(22-14-19(25-3)8-10-26-11-9-19)21-13-16-6-7-17(15(2)12-16)27(4,23)24/h6-7,12H,5,8-11,13-14H2,1-4H3,(H2,20,21,22). The Bertz CT molecular complexity index is 756. The van der Waals surface area contributed by atoms with Crippen LogP contribution in [0.3, 0.4) is 0 Å². The van der Waals surface area contributed by atoms with Crippen LogP contribution in [0, 0.1) is 6.92 Å².